The lowest BCUT2D eigenvalue weighted by Crippen LogP contribution is -2.24. The maximum Gasteiger partial charge on any atom is 0.573 e. The van der Waals surface area contributed by atoms with E-state index in [9.17, 15) is 22.8 Å². The number of alkyl halides is 3. The molecule has 0 aliphatic rings. The number of hydrogen-bond acceptors (Lipinski definition) is 7. The van der Waals surface area contributed by atoms with E-state index in [1.165, 1.54) is 54.9 Å². The van der Waals surface area contributed by atoms with Crippen molar-refractivity contribution < 1.29 is 32.6 Å². The van der Waals surface area contributed by atoms with Gasteiger partial charge in [0.2, 0.25) is 5.91 Å². The van der Waals surface area contributed by atoms with Crippen LogP contribution in [-0.2, 0) is 11.3 Å². The Morgan fingerprint density at radius 2 is 1.92 bits per heavy atom. The fourth-order valence-corrected chi connectivity index (χ4v) is 4.30. The summed E-state index contributed by atoms with van der Waals surface area (Å²) >= 11 is 1.20. The summed E-state index contributed by atoms with van der Waals surface area (Å²) < 4.78 is 43.3. The topological polar surface area (TPSA) is 118 Å². The van der Waals surface area contributed by atoms with Crippen molar-refractivity contribution in [2.45, 2.75) is 32.7 Å². The fourth-order valence-electron chi connectivity index (χ4n) is 3.36. The smallest absolute Gasteiger partial charge is 0.406 e. The Labute approximate surface area is 214 Å². The highest BCUT2D eigenvalue weighted by Gasteiger charge is 2.31. The van der Waals surface area contributed by atoms with E-state index in [0.29, 0.717) is 54.2 Å². The number of carbonyl (C=O) groups excluding carboxylic acids is 2. The first-order valence-corrected chi connectivity index (χ1v) is 12.2. The van der Waals surface area contributed by atoms with Crippen LogP contribution in [0.2, 0.25) is 0 Å². The van der Waals surface area contributed by atoms with Crippen LogP contribution < -0.4 is 20.2 Å². The Hall–Kier alpha value is -3.71. The Morgan fingerprint density at radius 1 is 1.16 bits per heavy atom. The monoisotopic (exact) mass is 537 g/mol. The number of anilines is 1. The quantitative estimate of drug-likeness (QED) is 0.322. The molecule has 0 atom stereocenters. The van der Waals surface area contributed by atoms with Gasteiger partial charge >= 0.3 is 6.36 Å². The average molecular weight is 538 g/mol. The number of nitrogens with zero attached hydrogens (tertiary/aromatic N) is 3. The second kappa shape index (κ2) is 13.0. The minimum Gasteiger partial charge on any atom is -0.406 e. The van der Waals surface area contributed by atoms with Crippen LogP contribution in [-0.4, -0.2) is 52.5 Å². The SMILES string of the molecule is CC(=O)NCCCn1c(-c2ccc(OC(F)(F)F)cc2)csc1=NC(=O)c1cnccc1NCCCO. The van der Waals surface area contributed by atoms with Crippen molar-refractivity contribution in [3.05, 3.63) is 58.5 Å². The number of aromatic nitrogens is 2. The summed E-state index contributed by atoms with van der Waals surface area (Å²) in [5.74, 6) is -1.05. The number of rotatable bonds is 11. The van der Waals surface area contributed by atoms with Crippen LogP contribution >= 0.6 is 11.3 Å². The van der Waals surface area contributed by atoms with Crippen LogP contribution in [0, 0.1) is 0 Å². The van der Waals surface area contributed by atoms with Gasteiger partial charge in [-0.15, -0.1) is 24.5 Å². The van der Waals surface area contributed by atoms with Gasteiger partial charge in [-0.05, 0) is 48.7 Å². The molecule has 1 aromatic carbocycles. The van der Waals surface area contributed by atoms with E-state index in [1.807, 2.05) is 0 Å². The van der Waals surface area contributed by atoms with Crippen molar-refractivity contribution in [3.8, 4) is 17.0 Å². The minimum absolute atomic E-state index is 0.00546. The van der Waals surface area contributed by atoms with Crippen molar-refractivity contribution in [2.24, 2.45) is 4.99 Å². The van der Waals surface area contributed by atoms with Crippen LogP contribution in [0.1, 0.15) is 30.1 Å². The molecule has 3 rings (SSSR count). The van der Waals surface area contributed by atoms with Gasteiger partial charge in [0.05, 0.1) is 16.9 Å². The van der Waals surface area contributed by atoms with Gasteiger partial charge in [-0.3, -0.25) is 14.6 Å². The first kappa shape index (κ1) is 27.9. The molecule has 2 heterocycles. The van der Waals surface area contributed by atoms with Crippen molar-refractivity contribution in [3.63, 3.8) is 0 Å². The van der Waals surface area contributed by atoms with Gasteiger partial charge in [0.15, 0.2) is 4.80 Å². The van der Waals surface area contributed by atoms with E-state index >= 15 is 0 Å². The summed E-state index contributed by atoms with van der Waals surface area (Å²) in [5, 5.41) is 16.6. The van der Waals surface area contributed by atoms with Crippen LogP contribution in [0.5, 0.6) is 5.75 Å². The summed E-state index contributed by atoms with van der Waals surface area (Å²) in [7, 11) is 0. The number of ether oxygens (including phenoxy) is 1. The highest BCUT2D eigenvalue weighted by atomic mass is 32.1. The maximum atomic E-state index is 13.1. The van der Waals surface area contributed by atoms with Crippen LogP contribution in [0.4, 0.5) is 18.9 Å². The maximum absolute atomic E-state index is 13.1. The van der Waals surface area contributed by atoms with E-state index in [-0.39, 0.29) is 23.8 Å². The van der Waals surface area contributed by atoms with Crippen LogP contribution in [0.3, 0.4) is 0 Å². The van der Waals surface area contributed by atoms with Gasteiger partial charge < -0.3 is 25.0 Å². The molecule has 0 spiro atoms. The fraction of sp³-hybridized carbons (Fsp3) is 0.333. The van der Waals surface area contributed by atoms with Gasteiger partial charge in [0.1, 0.15) is 5.75 Å². The molecule has 0 bridgehead atoms. The molecule has 0 aliphatic heterocycles. The molecule has 0 fully saturated rings. The molecule has 0 aliphatic carbocycles. The molecule has 2 amide bonds. The van der Waals surface area contributed by atoms with Crippen molar-refractivity contribution in [2.75, 3.05) is 25.0 Å². The van der Waals surface area contributed by atoms with E-state index in [1.54, 1.807) is 16.0 Å². The summed E-state index contributed by atoms with van der Waals surface area (Å²) in [4.78, 5) is 33.0. The number of pyridine rings is 1. The third kappa shape index (κ3) is 8.43. The van der Waals surface area contributed by atoms with Gasteiger partial charge in [0, 0.05) is 50.9 Å². The molecule has 2 aromatic heterocycles. The number of thiazole rings is 1. The molecule has 13 heteroatoms. The van der Waals surface area contributed by atoms with Gasteiger partial charge in [-0.2, -0.15) is 4.99 Å². The van der Waals surface area contributed by atoms with Crippen molar-refractivity contribution >= 4 is 28.8 Å². The number of aliphatic hydroxyl groups excluding tert-OH is 1. The highest BCUT2D eigenvalue weighted by molar-refractivity contribution is 7.07. The Morgan fingerprint density at radius 3 is 2.59 bits per heavy atom. The molecule has 3 aromatic rings. The number of aliphatic hydroxyl groups is 1. The molecule has 37 heavy (non-hydrogen) atoms. The van der Waals surface area contributed by atoms with Crippen molar-refractivity contribution in [1.82, 2.24) is 14.9 Å². The predicted molar refractivity (Wildman–Crippen MR) is 132 cm³/mol. The molecular formula is C24H26F3N5O4S. The van der Waals surface area contributed by atoms with E-state index in [4.69, 9.17) is 5.11 Å². The third-order valence-electron chi connectivity index (χ3n) is 5.01. The highest BCUT2D eigenvalue weighted by Crippen LogP contribution is 2.27. The molecule has 3 N–H and O–H groups in total. The van der Waals surface area contributed by atoms with E-state index in [2.05, 4.69) is 25.3 Å². The molecular weight excluding hydrogens is 511 g/mol. The average Bonchev–Trinajstić information content (AvgIpc) is 3.23. The number of benzene rings is 1. The van der Waals surface area contributed by atoms with Crippen LogP contribution in [0.25, 0.3) is 11.3 Å². The molecule has 0 saturated heterocycles. The number of nitrogens with one attached hydrogen (secondary N) is 2. The second-order valence-electron chi connectivity index (χ2n) is 7.81. The Balaban J connectivity index is 1.93. The summed E-state index contributed by atoms with van der Waals surface area (Å²) in [6.45, 7) is 2.66. The predicted octanol–water partition coefficient (Wildman–Crippen LogP) is 3.57. The Kier molecular flexibility index (Phi) is 9.80. The van der Waals surface area contributed by atoms with Gasteiger partial charge in [-0.1, -0.05) is 0 Å². The van der Waals surface area contributed by atoms with Gasteiger partial charge in [-0.25, -0.2) is 0 Å². The zero-order valence-corrected chi connectivity index (χ0v) is 20.7. The third-order valence-corrected chi connectivity index (χ3v) is 5.88. The number of halogens is 3. The zero-order valence-electron chi connectivity index (χ0n) is 19.9. The van der Waals surface area contributed by atoms with Crippen molar-refractivity contribution in [1.29, 1.82) is 0 Å². The lowest BCUT2D eigenvalue weighted by atomic mass is 10.1. The largest absolute Gasteiger partial charge is 0.573 e. The standard InChI is InChI=1S/C24H26F3N5O4S/c1-16(34)29-9-2-12-32-21(17-4-6-18(7-5-17)36-24(25,26)27)15-37-23(32)31-22(35)19-14-28-11-8-20(19)30-10-3-13-33/h4-8,11,14-15,33H,2-3,9-10,12-13H2,1H3,(H,28,30)(H,29,34). The molecule has 0 radical (unpaired) electrons. The number of amides is 2. The summed E-state index contributed by atoms with van der Waals surface area (Å²) in [6, 6.07) is 7.05. The lowest BCUT2D eigenvalue weighted by molar-refractivity contribution is -0.274. The lowest BCUT2D eigenvalue weighted by Gasteiger charge is -2.12. The summed E-state index contributed by atoms with van der Waals surface area (Å²) in [5.41, 5.74) is 2.04. The first-order chi connectivity index (χ1) is 17.7. The molecule has 0 unspecified atom stereocenters. The Bertz CT molecular complexity index is 1270. The van der Waals surface area contributed by atoms with Gasteiger partial charge in [0.25, 0.3) is 5.91 Å². The first-order valence-electron chi connectivity index (χ1n) is 11.3. The molecule has 9 nitrogen and oxygen atoms in total. The number of hydrogen-bond donors (Lipinski definition) is 3. The second-order valence-corrected chi connectivity index (χ2v) is 8.64. The zero-order chi connectivity index (χ0) is 26.8. The number of carbonyl (C=O) groups is 2. The summed E-state index contributed by atoms with van der Waals surface area (Å²) in [6.07, 6.45) is -0.820. The minimum atomic E-state index is -4.79. The molecule has 198 valence electrons. The van der Waals surface area contributed by atoms with E-state index in [0.717, 1.165) is 0 Å². The molecule has 0 saturated carbocycles. The normalized spacial score (nSPS) is 11.9. The van der Waals surface area contributed by atoms with Crippen LogP contribution in [0.15, 0.2) is 53.1 Å². The van der Waals surface area contributed by atoms with E-state index < -0.39 is 12.3 Å².